The Morgan fingerprint density at radius 2 is 1.62 bits per heavy atom. The van der Waals surface area contributed by atoms with E-state index in [4.69, 9.17) is 0 Å². The van der Waals surface area contributed by atoms with Crippen LogP contribution in [0.5, 0.6) is 0 Å². The van der Waals surface area contributed by atoms with Crippen LogP contribution in [0.1, 0.15) is 55.3 Å². The van der Waals surface area contributed by atoms with Crippen molar-refractivity contribution in [3.05, 3.63) is 48.0 Å². The average molecular weight is 393 g/mol. The number of rotatable bonds is 4. The maximum Gasteiger partial charge on any atom is 0.254 e. The van der Waals surface area contributed by atoms with Crippen molar-refractivity contribution in [3.63, 3.8) is 0 Å². The molecule has 1 saturated heterocycles. The largest absolute Gasteiger partial charge is 0.345 e. The molecule has 0 spiro atoms. The summed E-state index contributed by atoms with van der Waals surface area (Å²) in [6, 6.07) is 13.9. The van der Waals surface area contributed by atoms with Crippen LogP contribution >= 0.6 is 0 Å². The average Bonchev–Trinajstić information content (AvgIpc) is 2.78. The van der Waals surface area contributed by atoms with E-state index in [2.05, 4.69) is 0 Å². The molecule has 1 heterocycles. The number of hydrogen-bond acceptors (Lipinski definition) is 2. The van der Waals surface area contributed by atoms with Gasteiger partial charge < -0.3 is 9.80 Å². The number of benzene rings is 2. The molecule has 0 unspecified atom stereocenters. The summed E-state index contributed by atoms with van der Waals surface area (Å²) in [4.78, 5) is 29.9. The Bertz CT molecular complexity index is 859. The number of nitrogens with zero attached hydrogens (tertiary/aromatic N) is 2. The third-order valence-corrected chi connectivity index (χ3v) is 6.78. The monoisotopic (exact) mass is 392 g/mol. The Balaban J connectivity index is 1.35. The summed E-state index contributed by atoms with van der Waals surface area (Å²) >= 11 is 0. The first-order valence-electron chi connectivity index (χ1n) is 11.2. The van der Waals surface area contributed by atoms with Crippen LogP contribution in [0.15, 0.2) is 42.5 Å². The lowest BCUT2D eigenvalue weighted by Gasteiger charge is -2.34. The van der Waals surface area contributed by atoms with Crippen LogP contribution in [-0.2, 0) is 4.79 Å². The summed E-state index contributed by atoms with van der Waals surface area (Å²) in [5, 5.41) is 2.10. The highest BCUT2D eigenvalue weighted by atomic mass is 16.2. The molecule has 2 aromatic carbocycles. The van der Waals surface area contributed by atoms with Gasteiger partial charge >= 0.3 is 0 Å². The molecule has 1 aliphatic heterocycles. The van der Waals surface area contributed by atoms with Crippen molar-refractivity contribution in [1.29, 1.82) is 0 Å². The fourth-order valence-corrected chi connectivity index (χ4v) is 5.07. The first kappa shape index (κ1) is 19.9. The van der Waals surface area contributed by atoms with Gasteiger partial charge in [0.05, 0.1) is 0 Å². The van der Waals surface area contributed by atoms with Crippen LogP contribution in [0.3, 0.4) is 0 Å². The van der Waals surface area contributed by atoms with E-state index in [0.717, 1.165) is 35.7 Å². The summed E-state index contributed by atoms with van der Waals surface area (Å²) in [5.41, 5.74) is 0.766. The zero-order valence-electron chi connectivity index (χ0n) is 17.5. The van der Waals surface area contributed by atoms with Gasteiger partial charge in [-0.3, -0.25) is 9.59 Å². The predicted octanol–water partition coefficient (Wildman–Crippen LogP) is 4.73. The van der Waals surface area contributed by atoms with Gasteiger partial charge in [0.15, 0.2) is 0 Å². The predicted molar refractivity (Wildman–Crippen MR) is 117 cm³/mol. The third kappa shape index (κ3) is 4.47. The number of carbonyl (C=O) groups is 2. The maximum absolute atomic E-state index is 13.1. The maximum atomic E-state index is 13.1. The second-order valence-electron chi connectivity index (χ2n) is 8.82. The third-order valence-electron chi connectivity index (χ3n) is 6.78. The van der Waals surface area contributed by atoms with Crippen molar-refractivity contribution in [2.24, 2.45) is 11.8 Å². The molecule has 154 valence electrons. The lowest BCUT2D eigenvalue weighted by atomic mass is 9.88. The van der Waals surface area contributed by atoms with Crippen molar-refractivity contribution in [1.82, 2.24) is 9.80 Å². The van der Waals surface area contributed by atoms with E-state index < -0.39 is 0 Å². The molecule has 2 amide bonds. The Hall–Kier alpha value is -2.36. The van der Waals surface area contributed by atoms with Crippen LogP contribution < -0.4 is 0 Å². The topological polar surface area (TPSA) is 40.6 Å². The summed E-state index contributed by atoms with van der Waals surface area (Å²) in [5.74, 6) is 1.09. The zero-order chi connectivity index (χ0) is 20.2. The van der Waals surface area contributed by atoms with Crippen molar-refractivity contribution in [3.8, 4) is 0 Å². The molecule has 0 aromatic heterocycles. The van der Waals surface area contributed by atoms with E-state index in [-0.39, 0.29) is 17.7 Å². The summed E-state index contributed by atoms with van der Waals surface area (Å²) in [6.45, 7) is 2.22. The summed E-state index contributed by atoms with van der Waals surface area (Å²) in [7, 11) is 1.96. The molecule has 29 heavy (non-hydrogen) atoms. The van der Waals surface area contributed by atoms with Gasteiger partial charge in [0.1, 0.15) is 0 Å². The van der Waals surface area contributed by atoms with Gasteiger partial charge in [-0.2, -0.15) is 0 Å². The normalized spacial score (nSPS) is 18.7. The van der Waals surface area contributed by atoms with Gasteiger partial charge in [-0.1, -0.05) is 55.7 Å². The Morgan fingerprint density at radius 1 is 0.931 bits per heavy atom. The van der Waals surface area contributed by atoms with E-state index in [1.54, 1.807) is 0 Å². The molecular weight excluding hydrogens is 360 g/mol. The number of piperidine rings is 1. The second-order valence-corrected chi connectivity index (χ2v) is 8.82. The molecule has 0 atom stereocenters. The number of hydrogen-bond donors (Lipinski definition) is 0. The van der Waals surface area contributed by atoms with E-state index in [1.165, 1.54) is 32.1 Å². The lowest BCUT2D eigenvalue weighted by molar-refractivity contribution is -0.136. The molecule has 0 bridgehead atoms. The van der Waals surface area contributed by atoms with Crippen molar-refractivity contribution >= 4 is 22.6 Å². The van der Waals surface area contributed by atoms with Crippen molar-refractivity contribution < 1.29 is 9.59 Å². The van der Waals surface area contributed by atoms with Crippen LogP contribution in [0.25, 0.3) is 10.8 Å². The minimum Gasteiger partial charge on any atom is -0.345 e. The smallest absolute Gasteiger partial charge is 0.254 e. The van der Waals surface area contributed by atoms with E-state index in [1.807, 2.05) is 59.3 Å². The number of likely N-dealkylation sites (tertiary alicyclic amines) is 1. The Kier molecular flexibility index (Phi) is 6.17. The van der Waals surface area contributed by atoms with Crippen LogP contribution in [0, 0.1) is 11.8 Å². The second kappa shape index (κ2) is 8.98. The first-order chi connectivity index (χ1) is 14.1. The minimum absolute atomic E-state index is 0.0557. The quantitative estimate of drug-likeness (QED) is 0.755. The SMILES string of the molecule is CN(CC1CCCCC1)C(=O)C1CCN(C(=O)c2cccc3ccccc23)CC1. The molecule has 1 aliphatic carbocycles. The Labute approximate surface area is 173 Å². The number of fused-ring (bicyclic) bond motifs is 1. The highest BCUT2D eigenvalue weighted by molar-refractivity contribution is 6.07. The molecule has 4 rings (SSSR count). The van der Waals surface area contributed by atoms with E-state index in [9.17, 15) is 9.59 Å². The van der Waals surface area contributed by atoms with Gasteiger partial charge in [-0.25, -0.2) is 0 Å². The highest BCUT2D eigenvalue weighted by Crippen LogP contribution is 2.27. The van der Waals surface area contributed by atoms with Crippen LogP contribution in [0.2, 0.25) is 0 Å². The van der Waals surface area contributed by atoms with Crippen LogP contribution in [-0.4, -0.2) is 48.3 Å². The van der Waals surface area contributed by atoms with Crippen molar-refractivity contribution in [2.45, 2.75) is 44.9 Å². The number of carbonyl (C=O) groups excluding carboxylic acids is 2. The molecule has 0 radical (unpaired) electrons. The van der Waals surface area contributed by atoms with Gasteiger partial charge in [-0.05, 0) is 48.4 Å². The highest BCUT2D eigenvalue weighted by Gasteiger charge is 2.30. The molecule has 0 N–H and O–H groups in total. The first-order valence-corrected chi connectivity index (χ1v) is 11.2. The lowest BCUT2D eigenvalue weighted by Crippen LogP contribution is -2.44. The molecule has 1 saturated carbocycles. The van der Waals surface area contributed by atoms with Crippen LogP contribution in [0.4, 0.5) is 0 Å². The molecular formula is C25H32N2O2. The summed E-state index contributed by atoms with van der Waals surface area (Å²) in [6.07, 6.45) is 8.01. The zero-order valence-corrected chi connectivity index (χ0v) is 17.5. The van der Waals surface area contributed by atoms with E-state index >= 15 is 0 Å². The standard InChI is InChI=1S/C25H32N2O2/c1-26(18-19-8-3-2-4-9-19)24(28)21-14-16-27(17-15-21)25(29)23-13-7-11-20-10-5-6-12-22(20)23/h5-7,10-13,19,21H,2-4,8-9,14-18H2,1H3. The molecule has 4 nitrogen and oxygen atoms in total. The molecule has 2 aromatic rings. The summed E-state index contributed by atoms with van der Waals surface area (Å²) < 4.78 is 0. The fraction of sp³-hybridized carbons (Fsp3) is 0.520. The Morgan fingerprint density at radius 3 is 2.38 bits per heavy atom. The van der Waals surface area contributed by atoms with Gasteiger partial charge in [0.25, 0.3) is 5.91 Å². The molecule has 2 fully saturated rings. The number of amides is 2. The van der Waals surface area contributed by atoms with Crippen molar-refractivity contribution in [2.75, 3.05) is 26.7 Å². The van der Waals surface area contributed by atoms with Gasteiger partial charge in [-0.15, -0.1) is 0 Å². The van der Waals surface area contributed by atoms with Gasteiger partial charge in [0.2, 0.25) is 5.91 Å². The fourth-order valence-electron chi connectivity index (χ4n) is 5.07. The molecule has 2 aliphatic rings. The molecule has 4 heteroatoms. The minimum atomic E-state index is 0.0557. The van der Waals surface area contributed by atoms with E-state index in [0.29, 0.717) is 19.0 Å². The van der Waals surface area contributed by atoms with Gasteiger partial charge in [0, 0.05) is 38.2 Å².